The van der Waals surface area contributed by atoms with Gasteiger partial charge in [0.25, 0.3) is 0 Å². The molecule has 0 radical (unpaired) electrons. The minimum Gasteiger partial charge on any atom is -0.135 e. The van der Waals surface area contributed by atoms with Crippen molar-refractivity contribution in [2.75, 3.05) is 0 Å². The zero-order chi connectivity index (χ0) is 33.5. The van der Waals surface area contributed by atoms with Crippen molar-refractivity contribution in [2.45, 2.75) is 0 Å². The van der Waals surface area contributed by atoms with Crippen molar-refractivity contribution >= 4 is 85.4 Å². The second-order valence-electron chi connectivity index (χ2n) is 13.6. The largest absolute Gasteiger partial charge is 0.135 e. The third kappa shape index (κ3) is 4.32. The Hall–Kier alpha value is -6.28. The summed E-state index contributed by atoms with van der Waals surface area (Å²) in [6.07, 6.45) is 0. The second-order valence-corrected chi connectivity index (χ2v) is 14.7. The first-order chi connectivity index (χ1) is 25.3. The van der Waals surface area contributed by atoms with Gasteiger partial charge >= 0.3 is 0 Å². The highest BCUT2D eigenvalue weighted by Crippen LogP contribution is 2.47. The van der Waals surface area contributed by atoms with E-state index in [-0.39, 0.29) is 0 Å². The molecule has 0 saturated carbocycles. The summed E-state index contributed by atoms with van der Waals surface area (Å²) in [5.74, 6) is 0. The fourth-order valence-corrected chi connectivity index (χ4v) is 9.74. The van der Waals surface area contributed by atoms with Gasteiger partial charge in [0.15, 0.2) is 0 Å². The van der Waals surface area contributed by atoms with Gasteiger partial charge in [-0.05, 0) is 112 Å². The van der Waals surface area contributed by atoms with Gasteiger partial charge in [0, 0.05) is 20.2 Å². The predicted molar refractivity (Wildman–Crippen MR) is 223 cm³/mol. The summed E-state index contributed by atoms with van der Waals surface area (Å²) in [5.41, 5.74) is 7.61. The molecule has 0 aliphatic heterocycles. The summed E-state index contributed by atoms with van der Waals surface area (Å²) in [6, 6.07) is 67.4. The van der Waals surface area contributed by atoms with E-state index in [0.29, 0.717) is 0 Å². The van der Waals surface area contributed by atoms with Crippen molar-refractivity contribution < 1.29 is 0 Å². The normalized spacial score (nSPS) is 11.9. The van der Waals surface area contributed by atoms with Crippen molar-refractivity contribution in [1.29, 1.82) is 0 Å². The Kier molecular flexibility index (Phi) is 6.22. The van der Waals surface area contributed by atoms with E-state index in [9.17, 15) is 0 Å². The highest BCUT2D eigenvalue weighted by molar-refractivity contribution is 7.26. The highest BCUT2D eigenvalue weighted by atomic mass is 32.1. The molecule has 0 saturated heterocycles. The first kappa shape index (κ1) is 28.5. The minimum absolute atomic E-state index is 1.24. The van der Waals surface area contributed by atoms with Gasteiger partial charge in [-0.1, -0.05) is 158 Å². The molecule has 0 nitrogen and oxygen atoms in total. The van der Waals surface area contributed by atoms with Gasteiger partial charge in [-0.15, -0.1) is 11.3 Å². The molecule has 236 valence electrons. The molecular weight excluding hydrogens is 633 g/mol. The lowest BCUT2D eigenvalue weighted by Gasteiger charge is -2.18. The maximum atomic E-state index is 2.43. The van der Waals surface area contributed by atoms with Gasteiger partial charge < -0.3 is 0 Å². The first-order valence-electron chi connectivity index (χ1n) is 17.6. The Balaban J connectivity index is 1.10. The summed E-state index contributed by atoms with van der Waals surface area (Å²) in [4.78, 5) is 0. The third-order valence-electron chi connectivity index (χ3n) is 10.8. The molecule has 0 bridgehead atoms. The smallest absolute Gasteiger partial charge is 0.0368 e. The molecule has 11 aromatic rings. The maximum absolute atomic E-state index is 2.43. The predicted octanol–water partition coefficient (Wildman–Crippen LogP) is 14.8. The molecule has 0 spiro atoms. The molecule has 1 aromatic heterocycles. The molecular formula is C50H30S. The lowest BCUT2D eigenvalue weighted by atomic mass is 9.85. The van der Waals surface area contributed by atoms with Crippen molar-refractivity contribution in [3.63, 3.8) is 0 Å². The van der Waals surface area contributed by atoms with Crippen LogP contribution in [-0.2, 0) is 0 Å². The van der Waals surface area contributed by atoms with Crippen LogP contribution >= 0.6 is 11.3 Å². The number of fused-ring (bicyclic) bond motifs is 10. The van der Waals surface area contributed by atoms with Crippen LogP contribution in [0.2, 0.25) is 0 Å². The number of benzene rings is 10. The van der Waals surface area contributed by atoms with E-state index in [0.717, 1.165) is 0 Å². The van der Waals surface area contributed by atoms with Crippen LogP contribution in [0.15, 0.2) is 182 Å². The monoisotopic (exact) mass is 662 g/mol. The van der Waals surface area contributed by atoms with Gasteiger partial charge in [0.2, 0.25) is 0 Å². The van der Waals surface area contributed by atoms with Gasteiger partial charge in [-0.25, -0.2) is 0 Å². The van der Waals surface area contributed by atoms with E-state index in [2.05, 4.69) is 182 Å². The first-order valence-corrected chi connectivity index (χ1v) is 18.4. The second kappa shape index (κ2) is 11.1. The van der Waals surface area contributed by atoms with Crippen LogP contribution in [0.4, 0.5) is 0 Å². The van der Waals surface area contributed by atoms with E-state index in [1.165, 1.54) is 107 Å². The summed E-state index contributed by atoms with van der Waals surface area (Å²) >= 11 is 1.90. The number of hydrogen-bond donors (Lipinski definition) is 0. The fourth-order valence-electron chi connectivity index (χ4n) is 8.56. The molecule has 0 atom stereocenters. The van der Waals surface area contributed by atoms with Gasteiger partial charge in [-0.2, -0.15) is 0 Å². The number of rotatable bonds is 3. The summed E-state index contributed by atoms with van der Waals surface area (Å²) in [6.45, 7) is 0. The average molecular weight is 663 g/mol. The zero-order valence-corrected chi connectivity index (χ0v) is 28.5. The molecule has 0 fully saturated rings. The van der Waals surface area contributed by atoms with Gasteiger partial charge in [0.1, 0.15) is 0 Å². The van der Waals surface area contributed by atoms with E-state index in [1.54, 1.807) is 0 Å². The molecule has 10 aromatic carbocycles. The lowest BCUT2D eigenvalue weighted by molar-refractivity contribution is 1.66. The van der Waals surface area contributed by atoms with E-state index in [4.69, 9.17) is 0 Å². The number of hydrogen-bond acceptors (Lipinski definition) is 1. The topological polar surface area (TPSA) is 0 Å². The summed E-state index contributed by atoms with van der Waals surface area (Å²) in [5, 5.41) is 15.6. The van der Waals surface area contributed by atoms with Crippen molar-refractivity contribution in [3.05, 3.63) is 182 Å². The maximum Gasteiger partial charge on any atom is 0.0368 e. The minimum atomic E-state index is 1.24. The Labute approximate surface area is 299 Å². The third-order valence-corrected chi connectivity index (χ3v) is 11.9. The van der Waals surface area contributed by atoms with E-state index < -0.39 is 0 Å². The molecule has 1 heteroatoms. The summed E-state index contributed by atoms with van der Waals surface area (Å²) in [7, 11) is 0. The molecule has 51 heavy (non-hydrogen) atoms. The van der Waals surface area contributed by atoms with E-state index in [1.807, 2.05) is 11.3 Å². The van der Waals surface area contributed by atoms with Crippen LogP contribution in [0.25, 0.3) is 107 Å². The molecule has 1 heterocycles. The molecule has 0 aliphatic rings. The SMILES string of the molecule is c1ccc(-c2c3ccccc3c(-c3ccc4cc(-c5cc6sc7ccc8ccccc8c7c6c6ccccc56)ccc4c3)c3ccccc23)cc1. The fraction of sp³-hybridized carbons (Fsp3) is 0. The van der Waals surface area contributed by atoms with Crippen molar-refractivity contribution in [2.24, 2.45) is 0 Å². The quantitative estimate of drug-likeness (QED) is 0.165. The van der Waals surface area contributed by atoms with Crippen LogP contribution < -0.4 is 0 Å². The van der Waals surface area contributed by atoms with Crippen LogP contribution in [0.5, 0.6) is 0 Å². The lowest BCUT2D eigenvalue weighted by Crippen LogP contribution is -1.91. The van der Waals surface area contributed by atoms with Crippen LogP contribution in [-0.4, -0.2) is 0 Å². The Morgan fingerprint density at radius 2 is 0.765 bits per heavy atom. The van der Waals surface area contributed by atoms with Crippen LogP contribution in [0.3, 0.4) is 0 Å². The zero-order valence-electron chi connectivity index (χ0n) is 27.7. The highest BCUT2D eigenvalue weighted by Gasteiger charge is 2.18. The van der Waals surface area contributed by atoms with Gasteiger partial charge in [-0.3, -0.25) is 0 Å². The van der Waals surface area contributed by atoms with Crippen LogP contribution in [0.1, 0.15) is 0 Å². The Morgan fingerprint density at radius 1 is 0.275 bits per heavy atom. The summed E-state index contributed by atoms with van der Waals surface area (Å²) < 4.78 is 2.68. The van der Waals surface area contributed by atoms with E-state index >= 15 is 0 Å². The van der Waals surface area contributed by atoms with Crippen LogP contribution in [0, 0.1) is 0 Å². The molecule has 0 amide bonds. The molecule has 0 aliphatic carbocycles. The Bertz CT molecular complexity index is 3130. The van der Waals surface area contributed by atoms with Crippen molar-refractivity contribution in [3.8, 4) is 33.4 Å². The number of thiophene rings is 1. The average Bonchev–Trinajstić information content (AvgIpc) is 3.59. The van der Waals surface area contributed by atoms with Crippen molar-refractivity contribution in [1.82, 2.24) is 0 Å². The molecule has 0 unspecified atom stereocenters. The standard InChI is InChI=1S/C50H30S/c1-2-13-32(14-3-1)47-40-18-8-10-20-42(40)48(43-21-11-9-19-41(43)47)36-25-23-33-28-35(24-22-34(33)29-36)44-30-46-50(39-17-7-6-16-38(39)44)49-37-15-5-4-12-31(37)26-27-45(49)51-46/h1-30H. The Morgan fingerprint density at radius 3 is 1.45 bits per heavy atom. The van der Waals surface area contributed by atoms with Gasteiger partial charge in [0.05, 0.1) is 0 Å². The molecule has 11 rings (SSSR count). The molecule has 0 N–H and O–H groups in total.